The van der Waals surface area contributed by atoms with Gasteiger partial charge in [0.05, 0.1) is 28.7 Å². The van der Waals surface area contributed by atoms with Crippen LogP contribution >= 0.6 is 0 Å². The second kappa shape index (κ2) is 8.68. The number of ether oxygens (including phenoxy) is 1. The summed E-state index contributed by atoms with van der Waals surface area (Å²) >= 11 is 0. The lowest BCUT2D eigenvalue weighted by Gasteiger charge is -2.16. The summed E-state index contributed by atoms with van der Waals surface area (Å²) in [6.07, 6.45) is 0.950. The zero-order valence-electron chi connectivity index (χ0n) is 17.7. The van der Waals surface area contributed by atoms with Crippen LogP contribution < -0.4 is 14.8 Å². The number of anilines is 3. The fraction of sp³-hybridized carbons (Fsp3) is 0.0909. The molecule has 3 aromatic carbocycles. The molecular formula is C22H20N4O5S2. The van der Waals surface area contributed by atoms with Crippen molar-refractivity contribution < 1.29 is 21.6 Å². The molecule has 0 amide bonds. The van der Waals surface area contributed by atoms with E-state index in [2.05, 4.69) is 20.0 Å². The molecule has 170 valence electrons. The van der Waals surface area contributed by atoms with E-state index in [0.29, 0.717) is 22.5 Å². The third kappa shape index (κ3) is 4.73. The number of nitrogens with one attached hydrogen (secondary N) is 2. The van der Waals surface area contributed by atoms with Crippen molar-refractivity contribution in [2.24, 2.45) is 0 Å². The number of sulfonamides is 1. The molecule has 4 aromatic rings. The molecule has 0 atom stereocenters. The first-order chi connectivity index (χ1) is 15.7. The van der Waals surface area contributed by atoms with Crippen molar-refractivity contribution in [1.29, 1.82) is 0 Å². The molecule has 4 rings (SSSR count). The summed E-state index contributed by atoms with van der Waals surface area (Å²) < 4.78 is 58.5. The van der Waals surface area contributed by atoms with Crippen LogP contribution in [0.4, 0.5) is 17.3 Å². The minimum absolute atomic E-state index is 0.0945. The maximum absolute atomic E-state index is 13.2. The highest BCUT2D eigenvalue weighted by atomic mass is 32.2. The van der Waals surface area contributed by atoms with E-state index in [4.69, 9.17) is 4.74 Å². The summed E-state index contributed by atoms with van der Waals surface area (Å²) in [5.74, 6) is 0.546. The van der Waals surface area contributed by atoms with Gasteiger partial charge in [0.1, 0.15) is 10.6 Å². The fourth-order valence-corrected chi connectivity index (χ4v) is 5.83. The quantitative estimate of drug-likeness (QED) is 0.407. The first kappa shape index (κ1) is 22.5. The average molecular weight is 485 g/mol. The maximum Gasteiger partial charge on any atom is 0.264 e. The predicted octanol–water partition coefficient (Wildman–Crippen LogP) is 3.59. The number of sulfone groups is 1. The third-order valence-corrected chi connectivity index (χ3v) is 7.38. The van der Waals surface area contributed by atoms with E-state index < -0.39 is 19.9 Å². The van der Waals surface area contributed by atoms with Gasteiger partial charge in [0.25, 0.3) is 10.0 Å². The Morgan fingerprint density at radius 1 is 0.727 bits per heavy atom. The first-order valence-electron chi connectivity index (χ1n) is 9.68. The molecule has 0 bridgehead atoms. The molecule has 0 aliphatic rings. The number of benzene rings is 3. The number of para-hydroxylation sites is 4. The van der Waals surface area contributed by atoms with Crippen molar-refractivity contribution in [3.05, 3.63) is 72.8 Å². The Hall–Kier alpha value is -3.70. The molecule has 9 nitrogen and oxygen atoms in total. The number of rotatable bonds is 7. The van der Waals surface area contributed by atoms with Crippen molar-refractivity contribution in [3.8, 4) is 5.75 Å². The first-order valence-corrected chi connectivity index (χ1v) is 13.1. The zero-order valence-corrected chi connectivity index (χ0v) is 19.3. The summed E-state index contributed by atoms with van der Waals surface area (Å²) in [6, 6.07) is 19.4. The normalized spacial score (nSPS) is 11.8. The van der Waals surface area contributed by atoms with Crippen LogP contribution in [-0.4, -0.2) is 40.2 Å². The van der Waals surface area contributed by atoms with Crippen LogP contribution in [0.1, 0.15) is 0 Å². The van der Waals surface area contributed by atoms with Crippen LogP contribution in [0.2, 0.25) is 0 Å². The van der Waals surface area contributed by atoms with Gasteiger partial charge in [-0.1, -0.05) is 36.4 Å². The van der Waals surface area contributed by atoms with Crippen LogP contribution in [0, 0.1) is 0 Å². The Labute approximate surface area is 191 Å². The van der Waals surface area contributed by atoms with Crippen molar-refractivity contribution in [1.82, 2.24) is 9.97 Å². The molecule has 0 spiro atoms. The molecule has 11 heteroatoms. The lowest BCUT2D eigenvalue weighted by Crippen LogP contribution is -2.18. The molecule has 1 heterocycles. The highest BCUT2D eigenvalue weighted by Gasteiger charge is 2.25. The summed E-state index contributed by atoms with van der Waals surface area (Å²) in [5.41, 5.74) is 1.54. The second-order valence-corrected chi connectivity index (χ2v) is 10.7. The van der Waals surface area contributed by atoms with Crippen LogP contribution in [0.3, 0.4) is 0 Å². The van der Waals surface area contributed by atoms with Gasteiger partial charge in [-0.15, -0.1) is 0 Å². The Morgan fingerprint density at radius 3 is 1.91 bits per heavy atom. The molecule has 1 aromatic heterocycles. The Kier molecular flexibility index (Phi) is 5.91. The third-order valence-electron chi connectivity index (χ3n) is 4.70. The Morgan fingerprint density at radius 2 is 1.27 bits per heavy atom. The molecular weight excluding hydrogens is 464 g/mol. The molecule has 0 fully saturated rings. The molecule has 33 heavy (non-hydrogen) atoms. The summed E-state index contributed by atoms with van der Waals surface area (Å²) in [5, 5.41) is 3.06. The molecule has 0 radical (unpaired) electrons. The van der Waals surface area contributed by atoms with Crippen LogP contribution in [0.5, 0.6) is 5.75 Å². The highest BCUT2D eigenvalue weighted by molar-refractivity contribution is 7.95. The van der Waals surface area contributed by atoms with Crippen molar-refractivity contribution in [2.75, 3.05) is 23.4 Å². The van der Waals surface area contributed by atoms with Crippen molar-refractivity contribution in [2.45, 2.75) is 9.79 Å². The average Bonchev–Trinajstić information content (AvgIpc) is 2.79. The molecule has 0 saturated heterocycles. The molecule has 0 saturated carbocycles. The van der Waals surface area contributed by atoms with Gasteiger partial charge in [-0.2, -0.15) is 0 Å². The van der Waals surface area contributed by atoms with Crippen LogP contribution in [0.15, 0.2) is 82.6 Å². The van der Waals surface area contributed by atoms with E-state index >= 15 is 0 Å². The van der Waals surface area contributed by atoms with Gasteiger partial charge in [0, 0.05) is 6.26 Å². The maximum atomic E-state index is 13.2. The smallest absolute Gasteiger partial charge is 0.264 e. The molecule has 0 unspecified atom stereocenters. The summed E-state index contributed by atoms with van der Waals surface area (Å²) in [4.78, 5) is 8.25. The lowest BCUT2D eigenvalue weighted by molar-refractivity contribution is 0.417. The van der Waals surface area contributed by atoms with Crippen LogP contribution in [-0.2, 0) is 19.9 Å². The number of hydrogen-bond acceptors (Lipinski definition) is 8. The van der Waals surface area contributed by atoms with E-state index in [1.807, 2.05) is 0 Å². The second-order valence-electron chi connectivity index (χ2n) is 7.06. The monoisotopic (exact) mass is 484 g/mol. The highest BCUT2D eigenvalue weighted by Crippen LogP contribution is 2.32. The summed E-state index contributed by atoms with van der Waals surface area (Å²) in [6.45, 7) is 0. The minimum atomic E-state index is -4.33. The van der Waals surface area contributed by atoms with Gasteiger partial charge in [0.15, 0.2) is 21.5 Å². The topological polar surface area (TPSA) is 127 Å². The van der Waals surface area contributed by atoms with Crippen molar-refractivity contribution >= 4 is 48.2 Å². The molecule has 2 N–H and O–H groups in total. The minimum Gasteiger partial charge on any atom is -0.495 e. The largest absolute Gasteiger partial charge is 0.495 e. The van der Waals surface area contributed by atoms with E-state index in [1.165, 1.54) is 31.4 Å². The predicted molar refractivity (Wildman–Crippen MR) is 126 cm³/mol. The fourth-order valence-electron chi connectivity index (χ4n) is 3.19. The van der Waals surface area contributed by atoms with Gasteiger partial charge in [0.2, 0.25) is 0 Å². The number of aromatic nitrogens is 2. The SMILES string of the molecule is COc1ccccc1Nc1nc2ccccc2nc1NS(=O)(=O)c1ccccc1S(C)(=O)=O. The zero-order chi connectivity index (χ0) is 23.6. The number of hydrogen-bond donors (Lipinski definition) is 2. The van der Waals surface area contributed by atoms with Gasteiger partial charge in [-0.05, 0) is 36.4 Å². The van der Waals surface area contributed by atoms with E-state index in [-0.39, 0.29) is 21.4 Å². The van der Waals surface area contributed by atoms with Gasteiger partial charge >= 0.3 is 0 Å². The van der Waals surface area contributed by atoms with E-state index in [9.17, 15) is 16.8 Å². The summed E-state index contributed by atoms with van der Waals surface area (Å²) in [7, 11) is -6.62. The number of fused-ring (bicyclic) bond motifs is 1. The van der Waals surface area contributed by atoms with Gasteiger partial charge < -0.3 is 10.1 Å². The van der Waals surface area contributed by atoms with E-state index in [1.54, 1.807) is 48.5 Å². The molecule has 0 aliphatic carbocycles. The molecule has 0 aliphatic heterocycles. The van der Waals surface area contributed by atoms with Crippen LogP contribution in [0.25, 0.3) is 11.0 Å². The van der Waals surface area contributed by atoms with Gasteiger partial charge in [-0.3, -0.25) is 4.72 Å². The van der Waals surface area contributed by atoms with E-state index in [0.717, 1.165) is 6.26 Å². The standard InChI is InChI=1S/C22H20N4O5S2/c1-31-18-12-6-5-11-17(18)25-21-22(24-16-10-4-3-9-15(16)23-21)26-33(29,30)20-14-8-7-13-19(20)32(2,27)28/h3-14H,1-2H3,(H,23,25)(H,24,26). The number of methoxy groups -OCH3 is 1. The lowest BCUT2D eigenvalue weighted by atomic mass is 10.3. The van der Waals surface area contributed by atoms with Gasteiger partial charge in [-0.25, -0.2) is 26.8 Å². The van der Waals surface area contributed by atoms with Crippen molar-refractivity contribution in [3.63, 3.8) is 0 Å². The Bertz CT molecular complexity index is 1550. The Balaban J connectivity index is 1.84. The number of nitrogens with zero attached hydrogens (tertiary/aromatic N) is 2.